The monoisotopic (exact) mass is 152 g/mol. The number of rotatable bonds is 2. The Labute approximate surface area is 63.7 Å². The van der Waals surface area contributed by atoms with Gasteiger partial charge in [-0.1, -0.05) is 0 Å². The molecule has 0 unspecified atom stereocenters. The largest absolute Gasteiger partial charge is 0.359 e. The van der Waals surface area contributed by atoms with Gasteiger partial charge in [0.25, 0.3) is 0 Å². The van der Waals surface area contributed by atoms with E-state index < -0.39 is 4.92 Å². The molecule has 0 aliphatic heterocycles. The zero-order valence-corrected chi connectivity index (χ0v) is 6.07. The maximum atomic E-state index is 9.88. The number of nitro groups is 1. The lowest BCUT2D eigenvalue weighted by Gasteiger charge is -1.81. The quantitative estimate of drug-likeness (QED) is 0.516. The van der Waals surface area contributed by atoms with Crippen molar-refractivity contribution >= 4 is 6.08 Å². The Morgan fingerprint density at radius 1 is 1.64 bits per heavy atom. The van der Waals surface area contributed by atoms with Crippen LogP contribution in [0.15, 0.2) is 18.3 Å². The second-order valence-electron chi connectivity index (χ2n) is 2.20. The standard InChI is InChI=1S/C7H8N2O2/c1-6-2-3-7(8-6)4-5-9(10)11/h2-5,8H,1H3/b5-4+. The van der Waals surface area contributed by atoms with Crippen LogP contribution in [0.2, 0.25) is 0 Å². The van der Waals surface area contributed by atoms with Crippen LogP contribution in [-0.4, -0.2) is 9.91 Å². The fourth-order valence-electron chi connectivity index (χ4n) is 0.764. The normalized spacial score (nSPS) is 10.6. The van der Waals surface area contributed by atoms with Gasteiger partial charge in [-0.15, -0.1) is 0 Å². The summed E-state index contributed by atoms with van der Waals surface area (Å²) < 4.78 is 0. The number of hydrogen-bond acceptors (Lipinski definition) is 2. The maximum Gasteiger partial charge on any atom is 0.236 e. The molecule has 1 heterocycles. The molecule has 4 nitrogen and oxygen atoms in total. The van der Waals surface area contributed by atoms with Crippen molar-refractivity contribution in [1.82, 2.24) is 4.98 Å². The molecule has 1 aromatic heterocycles. The van der Waals surface area contributed by atoms with E-state index in [2.05, 4.69) is 4.98 Å². The minimum absolute atomic E-state index is 0.490. The molecule has 1 rings (SSSR count). The van der Waals surface area contributed by atoms with Crippen molar-refractivity contribution in [2.75, 3.05) is 0 Å². The highest BCUT2D eigenvalue weighted by molar-refractivity contribution is 5.43. The first kappa shape index (κ1) is 7.53. The summed E-state index contributed by atoms with van der Waals surface area (Å²) in [6, 6.07) is 3.65. The van der Waals surface area contributed by atoms with Crippen molar-refractivity contribution < 1.29 is 4.92 Å². The van der Waals surface area contributed by atoms with Crippen LogP contribution in [0, 0.1) is 17.0 Å². The van der Waals surface area contributed by atoms with Crippen LogP contribution in [0.25, 0.3) is 6.08 Å². The first-order valence-corrected chi connectivity index (χ1v) is 3.16. The highest BCUT2D eigenvalue weighted by Crippen LogP contribution is 2.01. The Hall–Kier alpha value is -1.58. The molecule has 0 fully saturated rings. The van der Waals surface area contributed by atoms with Gasteiger partial charge in [0.1, 0.15) is 0 Å². The molecule has 1 aromatic rings. The van der Waals surface area contributed by atoms with Gasteiger partial charge < -0.3 is 4.98 Å². The van der Waals surface area contributed by atoms with E-state index >= 15 is 0 Å². The van der Waals surface area contributed by atoms with E-state index in [0.717, 1.165) is 17.6 Å². The Kier molecular flexibility index (Phi) is 2.06. The molecule has 0 spiro atoms. The summed E-state index contributed by atoms with van der Waals surface area (Å²) in [5.41, 5.74) is 1.74. The van der Waals surface area contributed by atoms with E-state index in [0.29, 0.717) is 0 Å². The Morgan fingerprint density at radius 3 is 2.82 bits per heavy atom. The fourth-order valence-corrected chi connectivity index (χ4v) is 0.764. The third kappa shape index (κ3) is 2.25. The van der Waals surface area contributed by atoms with Crippen LogP contribution < -0.4 is 0 Å². The number of H-pyrrole nitrogens is 1. The molecule has 11 heavy (non-hydrogen) atoms. The zero-order valence-electron chi connectivity index (χ0n) is 6.07. The summed E-state index contributed by atoms with van der Waals surface area (Å²) in [5, 5.41) is 9.88. The van der Waals surface area contributed by atoms with Gasteiger partial charge >= 0.3 is 0 Å². The number of nitrogens with zero attached hydrogens (tertiary/aromatic N) is 1. The SMILES string of the molecule is Cc1ccc(/C=C/[N+](=O)[O-])[nH]1. The van der Waals surface area contributed by atoms with Gasteiger partial charge in [0.2, 0.25) is 6.20 Å². The lowest BCUT2D eigenvalue weighted by Crippen LogP contribution is -1.82. The third-order valence-electron chi connectivity index (χ3n) is 1.23. The zero-order chi connectivity index (χ0) is 8.27. The summed E-state index contributed by atoms with van der Waals surface area (Å²) in [6.45, 7) is 1.89. The Balaban J connectivity index is 2.71. The van der Waals surface area contributed by atoms with Crippen LogP contribution in [0.5, 0.6) is 0 Å². The first-order chi connectivity index (χ1) is 5.18. The predicted molar refractivity (Wildman–Crippen MR) is 41.6 cm³/mol. The molecular weight excluding hydrogens is 144 g/mol. The van der Waals surface area contributed by atoms with E-state index in [9.17, 15) is 10.1 Å². The number of aromatic amines is 1. The van der Waals surface area contributed by atoms with E-state index in [4.69, 9.17) is 0 Å². The molecular formula is C7H8N2O2. The van der Waals surface area contributed by atoms with Crippen molar-refractivity contribution in [3.8, 4) is 0 Å². The predicted octanol–water partition coefficient (Wildman–Crippen LogP) is 1.57. The van der Waals surface area contributed by atoms with Gasteiger partial charge in [-0.25, -0.2) is 0 Å². The molecule has 0 radical (unpaired) electrons. The molecule has 0 aromatic carbocycles. The molecule has 0 atom stereocenters. The topological polar surface area (TPSA) is 58.9 Å². The van der Waals surface area contributed by atoms with Crippen LogP contribution in [-0.2, 0) is 0 Å². The number of aromatic nitrogens is 1. The Morgan fingerprint density at radius 2 is 2.36 bits per heavy atom. The lowest BCUT2D eigenvalue weighted by molar-refractivity contribution is -0.401. The van der Waals surface area contributed by atoms with Crippen molar-refractivity contribution in [2.24, 2.45) is 0 Å². The summed E-state index contributed by atoms with van der Waals surface area (Å²) in [5.74, 6) is 0. The summed E-state index contributed by atoms with van der Waals surface area (Å²) in [4.78, 5) is 12.3. The average molecular weight is 152 g/mol. The maximum absolute atomic E-state index is 9.88. The minimum Gasteiger partial charge on any atom is -0.359 e. The van der Waals surface area contributed by atoms with Crippen molar-refractivity contribution in [1.29, 1.82) is 0 Å². The fraction of sp³-hybridized carbons (Fsp3) is 0.143. The van der Waals surface area contributed by atoms with Gasteiger partial charge in [-0.05, 0) is 19.1 Å². The van der Waals surface area contributed by atoms with Crippen molar-refractivity contribution in [2.45, 2.75) is 6.92 Å². The number of nitrogens with one attached hydrogen (secondary N) is 1. The molecule has 0 aliphatic rings. The van der Waals surface area contributed by atoms with Crippen LogP contribution in [0.1, 0.15) is 11.4 Å². The van der Waals surface area contributed by atoms with E-state index in [1.807, 2.05) is 13.0 Å². The van der Waals surface area contributed by atoms with Crippen molar-refractivity contribution in [3.63, 3.8) is 0 Å². The molecule has 0 amide bonds. The van der Waals surface area contributed by atoms with E-state index in [-0.39, 0.29) is 0 Å². The molecule has 1 N–H and O–H groups in total. The summed E-state index contributed by atoms with van der Waals surface area (Å²) in [7, 11) is 0. The second-order valence-corrected chi connectivity index (χ2v) is 2.20. The molecule has 0 aliphatic carbocycles. The van der Waals surface area contributed by atoms with Crippen LogP contribution >= 0.6 is 0 Å². The van der Waals surface area contributed by atoms with Gasteiger partial charge in [0.15, 0.2) is 0 Å². The van der Waals surface area contributed by atoms with Gasteiger partial charge in [-0.2, -0.15) is 0 Å². The van der Waals surface area contributed by atoms with Crippen molar-refractivity contribution in [3.05, 3.63) is 39.8 Å². The summed E-state index contributed by atoms with van der Waals surface area (Å²) >= 11 is 0. The summed E-state index contributed by atoms with van der Waals surface area (Å²) in [6.07, 6.45) is 2.33. The molecule has 0 saturated heterocycles. The number of hydrogen-bond donors (Lipinski definition) is 1. The smallest absolute Gasteiger partial charge is 0.236 e. The van der Waals surface area contributed by atoms with Gasteiger partial charge in [0, 0.05) is 17.5 Å². The van der Waals surface area contributed by atoms with Gasteiger partial charge in [-0.3, -0.25) is 10.1 Å². The van der Waals surface area contributed by atoms with E-state index in [1.54, 1.807) is 6.07 Å². The first-order valence-electron chi connectivity index (χ1n) is 3.16. The lowest BCUT2D eigenvalue weighted by atomic mass is 10.4. The van der Waals surface area contributed by atoms with Crippen LogP contribution in [0.3, 0.4) is 0 Å². The Bertz CT molecular complexity index is 288. The molecule has 4 heteroatoms. The second kappa shape index (κ2) is 3.01. The highest BCUT2D eigenvalue weighted by atomic mass is 16.6. The molecule has 0 saturated carbocycles. The molecule has 58 valence electrons. The highest BCUT2D eigenvalue weighted by Gasteiger charge is 1.91. The number of aryl methyl sites for hydroxylation is 1. The van der Waals surface area contributed by atoms with Gasteiger partial charge in [0.05, 0.1) is 4.92 Å². The average Bonchev–Trinajstić information content (AvgIpc) is 2.31. The minimum atomic E-state index is -0.490. The third-order valence-corrected chi connectivity index (χ3v) is 1.23. The molecule has 0 bridgehead atoms. The van der Waals surface area contributed by atoms with Crippen LogP contribution in [0.4, 0.5) is 0 Å². The van der Waals surface area contributed by atoms with E-state index in [1.165, 1.54) is 6.08 Å².